The smallest absolute Gasteiger partial charge is 0.315 e. The van der Waals surface area contributed by atoms with Crippen LogP contribution in [0.2, 0.25) is 0 Å². The minimum Gasteiger partial charge on any atom is -0.369 e. The number of carbonyl (C=O) groups excluding carboxylic acids is 1. The molecule has 1 heterocycles. The fraction of sp³-hybridized carbons (Fsp3) is 0.632. The Kier molecular flexibility index (Phi) is 6.35. The number of rotatable bonds is 5. The lowest BCUT2D eigenvalue weighted by molar-refractivity contribution is 0.225. The van der Waals surface area contributed by atoms with Crippen molar-refractivity contribution in [1.29, 1.82) is 0 Å². The number of nitrogens with zero attached hydrogens (tertiary/aromatic N) is 2. The van der Waals surface area contributed by atoms with Gasteiger partial charge < -0.3 is 15.5 Å². The molecule has 0 radical (unpaired) electrons. The quantitative estimate of drug-likeness (QED) is 0.872. The summed E-state index contributed by atoms with van der Waals surface area (Å²) in [4.78, 5) is 16.8. The second kappa shape index (κ2) is 8.92. The Bertz CT molecular complexity index is 493. The van der Waals surface area contributed by atoms with Crippen LogP contribution in [0.3, 0.4) is 0 Å². The lowest BCUT2D eigenvalue weighted by Crippen LogP contribution is -2.50. The molecule has 0 unspecified atom stereocenters. The third-order valence-electron chi connectivity index (χ3n) is 5.15. The SMILES string of the molecule is O=C(NCCN1CCN(c2ccccc2)CC1)NC1CCCCC1. The summed E-state index contributed by atoms with van der Waals surface area (Å²) < 4.78 is 0. The number of piperazine rings is 1. The van der Waals surface area contributed by atoms with E-state index in [1.54, 1.807) is 0 Å². The molecule has 3 rings (SSSR count). The molecule has 1 aromatic rings. The topological polar surface area (TPSA) is 47.6 Å². The van der Waals surface area contributed by atoms with E-state index in [0.717, 1.165) is 52.1 Å². The summed E-state index contributed by atoms with van der Waals surface area (Å²) in [5.41, 5.74) is 1.31. The number of amides is 2. The number of para-hydroxylation sites is 1. The van der Waals surface area contributed by atoms with Crippen LogP contribution >= 0.6 is 0 Å². The summed E-state index contributed by atoms with van der Waals surface area (Å²) in [5.74, 6) is 0. The molecule has 5 nitrogen and oxygen atoms in total. The van der Waals surface area contributed by atoms with Crippen molar-refractivity contribution in [3.63, 3.8) is 0 Å². The average Bonchev–Trinajstić information content (AvgIpc) is 2.64. The molecule has 2 aliphatic rings. The van der Waals surface area contributed by atoms with Crippen molar-refractivity contribution in [2.45, 2.75) is 38.1 Å². The molecule has 0 bridgehead atoms. The van der Waals surface area contributed by atoms with Gasteiger partial charge in [0, 0.05) is 51.0 Å². The fourth-order valence-corrected chi connectivity index (χ4v) is 3.68. The highest BCUT2D eigenvalue weighted by molar-refractivity contribution is 5.74. The molecule has 5 heteroatoms. The van der Waals surface area contributed by atoms with Crippen LogP contribution < -0.4 is 15.5 Å². The number of anilines is 1. The number of hydrogen-bond acceptors (Lipinski definition) is 3. The molecule has 1 aliphatic heterocycles. The molecule has 132 valence electrons. The summed E-state index contributed by atoms with van der Waals surface area (Å²) >= 11 is 0. The molecule has 1 saturated carbocycles. The van der Waals surface area contributed by atoms with E-state index >= 15 is 0 Å². The summed E-state index contributed by atoms with van der Waals surface area (Å²) in [5, 5.41) is 6.12. The Balaban J connectivity index is 1.30. The Morgan fingerprint density at radius 1 is 1.00 bits per heavy atom. The molecule has 0 atom stereocenters. The van der Waals surface area contributed by atoms with Crippen molar-refractivity contribution >= 4 is 11.7 Å². The number of hydrogen-bond donors (Lipinski definition) is 2. The van der Waals surface area contributed by atoms with Gasteiger partial charge in [0.15, 0.2) is 0 Å². The minimum absolute atomic E-state index is 0.00446. The van der Waals surface area contributed by atoms with Gasteiger partial charge >= 0.3 is 6.03 Å². The van der Waals surface area contributed by atoms with Gasteiger partial charge in [0.2, 0.25) is 0 Å². The number of nitrogens with one attached hydrogen (secondary N) is 2. The molecule has 24 heavy (non-hydrogen) atoms. The maximum Gasteiger partial charge on any atom is 0.315 e. The first-order valence-corrected chi connectivity index (χ1v) is 9.38. The maximum atomic E-state index is 11.9. The first-order valence-electron chi connectivity index (χ1n) is 9.38. The average molecular weight is 330 g/mol. The van der Waals surface area contributed by atoms with Gasteiger partial charge in [-0.1, -0.05) is 37.5 Å². The zero-order valence-corrected chi connectivity index (χ0v) is 14.5. The standard InChI is InChI=1S/C19H30N4O/c24-19(21-17-7-3-1-4-8-17)20-11-12-22-13-15-23(16-14-22)18-9-5-2-6-10-18/h2,5-6,9-10,17H,1,3-4,7-8,11-16H2,(H2,20,21,24). The highest BCUT2D eigenvalue weighted by atomic mass is 16.2. The van der Waals surface area contributed by atoms with Crippen LogP contribution in [0.25, 0.3) is 0 Å². The zero-order chi connectivity index (χ0) is 16.6. The first-order chi connectivity index (χ1) is 11.8. The lowest BCUT2D eigenvalue weighted by Gasteiger charge is -2.36. The molecule has 2 N–H and O–H groups in total. The molecular weight excluding hydrogens is 300 g/mol. The minimum atomic E-state index is 0.00446. The van der Waals surface area contributed by atoms with Gasteiger partial charge in [-0.2, -0.15) is 0 Å². The molecule has 1 saturated heterocycles. The van der Waals surface area contributed by atoms with E-state index in [1.165, 1.54) is 24.9 Å². The number of carbonyl (C=O) groups is 1. The first kappa shape index (κ1) is 17.1. The Hall–Kier alpha value is -1.75. The van der Waals surface area contributed by atoms with E-state index in [-0.39, 0.29) is 6.03 Å². The monoisotopic (exact) mass is 330 g/mol. The molecule has 1 aliphatic carbocycles. The van der Waals surface area contributed by atoms with Crippen molar-refractivity contribution in [2.75, 3.05) is 44.2 Å². The van der Waals surface area contributed by atoms with Crippen molar-refractivity contribution < 1.29 is 4.79 Å². The second-order valence-electron chi connectivity index (χ2n) is 6.90. The highest BCUT2D eigenvalue weighted by Crippen LogP contribution is 2.17. The van der Waals surface area contributed by atoms with E-state index in [2.05, 4.69) is 50.8 Å². The Labute approximate surface area is 145 Å². The molecule has 0 spiro atoms. The van der Waals surface area contributed by atoms with Crippen molar-refractivity contribution in [3.05, 3.63) is 30.3 Å². The van der Waals surface area contributed by atoms with Gasteiger partial charge in [0.05, 0.1) is 0 Å². The van der Waals surface area contributed by atoms with E-state index in [1.807, 2.05) is 0 Å². The summed E-state index contributed by atoms with van der Waals surface area (Å²) in [6, 6.07) is 11.0. The Morgan fingerprint density at radius 2 is 1.71 bits per heavy atom. The van der Waals surface area contributed by atoms with Gasteiger partial charge in [-0.15, -0.1) is 0 Å². The molecule has 0 aromatic heterocycles. The van der Waals surface area contributed by atoms with Gasteiger partial charge in [0.25, 0.3) is 0 Å². The van der Waals surface area contributed by atoms with Gasteiger partial charge in [0.1, 0.15) is 0 Å². The van der Waals surface area contributed by atoms with E-state index < -0.39 is 0 Å². The maximum absolute atomic E-state index is 11.9. The highest BCUT2D eigenvalue weighted by Gasteiger charge is 2.18. The third kappa shape index (κ3) is 5.13. The van der Waals surface area contributed by atoms with E-state index in [9.17, 15) is 4.79 Å². The van der Waals surface area contributed by atoms with Gasteiger partial charge in [-0.3, -0.25) is 4.90 Å². The third-order valence-corrected chi connectivity index (χ3v) is 5.15. The number of urea groups is 1. The molecule has 1 aromatic carbocycles. The predicted molar refractivity (Wildman–Crippen MR) is 98.5 cm³/mol. The number of benzene rings is 1. The largest absolute Gasteiger partial charge is 0.369 e. The summed E-state index contributed by atoms with van der Waals surface area (Å²) in [6.45, 7) is 5.88. The van der Waals surface area contributed by atoms with Crippen LogP contribution in [0.1, 0.15) is 32.1 Å². The molecular formula is C19H30N4O. The van der Waals surface area contributed by atoms with Crippen LogP contribution in [0.4, 0.5) is 10.5 Å². The van der Waals surface area contributed by atoms with E-state index in [4.69, 9.17) is 0 Å². The van der Waals surface area contributed by atoms with Crippen LogP contribution in [-0.2, 0) is 0 Å². The van der Waals surface area contributed by atoms with Crippen molar-refractivity contribution in [2.24, 2.45) is 0 Å². The molecule has 2 amide bonds. The van der Waals surface area contributed by atoms with Crippen LogP contribution in [-0.4, -0.2) is 56.2 Å². The molecule has 2 fully saturated rings. The summed E-state index contributed by atoms with van der Waals surface area (Å²) in [6.07, 6.45) is 6.08. The van der Waals surface area contributed by atoms with Gasteiger partial charge in [-0.25, -0.2) is 4.79 Å². The van der Waals surface area contributed by atoms with Crippen LogP contribution in [0.15, 0.2) is 30.3 Å². The van der Waals surface area contributed by atoms with Crippen LogP contribution in [0.5, 0.6) is 0 Å². The normalized spacial score (nSPS) is 19.9. The van der Waals surface area contributed by atoms with Crippen LogP contribution in [0, 0.1) is 0 Å². The van der Waals surface area contributed by atoms with Gasteiger partial charge in [-0.05, 0) is 25.0 Å². The van der Waals surface area contributed by atoms with Crippen molar-refractivity contribution in [1.82, 2.24) is 15.5 Å². The summed E-state index contributed by atoms with van der Waals surface area (Å²) in [7, 11) is 0. The van der Waals surface area contributed by atoms with Crippen molar-refractivity contribution in [3.8, 4) is 0 Å². The predicted octanol–water partition coefficient (Wildman–Crippen LogP) is 2.44. The lowest BCUT2D eigenvalue weighted by atomic mass is 9.96. The van der Waals surface area contributed by atoms with E-state index in [0.29, 0.717) is 6.04 Å². The zero-order valence-electron chi connectivity index (χ0n) is 14.5. The Morgan fingerprint density at radius 3 is 2.42 bits per heavy atom. The fourth-order valence-electron chi connectivity index (χ4n) is 3.68. The second-order valence-corrected chi connectivity index (χ2v) is 6.90.